The fraction of sp³-hybridized carbons (Fsp3) is 0.500. The predicted molar refractivity (Wildman–Crippen MR) is 71.1 cm³/mol. The number of nitrogens with zero attached hydrogens (tertiary/aromatic N) is 1. The van der Waals surface area contributed by atoms with Gasteiger partial charge in [0, 0.05) is 17.8 Å². The van der Waals surface area contributed by atoms with Crippen molar-refractivity contribution in [1.29, 1.82) is 0 Å². The van der Waals surface area contributed by atoms with Crippen LogP contribution in [0.5, 0.6) is 0 Å². The van der Waals surface area contributed by atoms with Gasteiger partial charge in [0.1, 0.15) is 0 Å². The van der Waals surface area contributed by atoms with Crippen LogP contribution in [0.25, 0.3) is 0 Å². The summed E-state index contributed by atoms with van der Waals surface area (Å²) in [4.78, 5) is 22.9. The molecule has 1 amide bonds. The number of nitrogens with one attached hydrogen (secondary N) is 1. The molecule has 1 aliphatic heterocycles. The van der Waals surface area contributed by atoms with Gasteiger partial charge >= 0.3 is 0 Å². The van der Waals surface area contributed by atoms with Crippen LogP contribution in [0.15, 0.2) is 18.2 Å². The lowest BCUT2D eigenvalue weighted by Gasteiger charge is -2.25. The van der Waals surface area contributed by atoms with Gasteiger partial charge in [0.2, 0.25) is 5.91 Å². The predicted octanol–water partition coefficient (Wildman–Crippen LogP) is 3.14. The molecule has 0 atom stereocenters. The maximum atomic E-state index is 12.4. The molecule has 3 rings (SSSR count). The minimum atomic E-state index is -0.530. The number of fused-ring (bicyclic) bond motifs is 2. The van der Waals surface area contributed by atoms with Gasteiger partial charge in [-0.2, -0.15) is 0 Å². The van der Waals surface area contributed by atoms with Gasteiger partial charge in [-0.3, -0.25) is 14.9 Å². The fourth-order valence-corrected chi connectivity index (χ4v) is 3.34. The molecule has 0 bridgehead atoms. The van der Waals surface area contributed by atoms with Gasteiger partial charge in [-0.15, -0.1) is 0 Å². The number of nitro benzene ring substituents is 1. The largest absolute Gasteiger partial charge is 0.325 e. The van der Waals surface area contributed by atoms with Crippen molar-refractivity contribution >= 4 is 17.3 Å². The summed E-state index contributed by atoms with van der Waals surface area (Å²) in [5, 5.41) is 13.8. The van der Waals surface area contributed by atoms with Crippen molar-refractivity contribution in [3.63, 3.8) is 0 Å². The number of anilines is 1. The van der Waals surface area contributed by atoms with Crippen molar-refractivity contribution in [2.75, 3.05) is 5.32 Å². The molecule has 1 aromatic carbocycles. The fourth-order valence-electron chi connectivity index (χ4n) is 3.34. The summed E-state index contributed by atoms with van der Waals surface area (Å²) in [6.45, 7) is 0. The molecule has 0 saturated heterocycles. The average Bonchev–Trinajstić information content (AvgIpc) is 2.57. The quantitative estimate of drug-likeness (QED) is 0.622. The monoisotopic (exact) mass is 260 g/mol. The summed E-state index contributed by atoms with van der Waals surface area (Å²) in [5.41, 5.74) is 1.11. The highest BCUT2D eigenvalue weighted by Gasteiger charge is 2.46. The summed E-state index contributed by atoms with van der Waals surface area (Å²) >= 11 is 0. The van der Waals surface area contributed by atoms with Crippen LogP contribution in [-0.2, 0) is 10.2 Å². The Hall–Kier alpha value is -1.91. The van der Waals surface area contributed by atoms with Crippen LogP contribution in [0.4, 0.5) is 11.4 Å². The average molecular weight is 260 g/mol. The van der Waals surface area contributed by atoms with E-state index in [4.69, 9.17) is 0 Å². The minimum Gasteiger partial charge on any atom is -0.325 e. The second-order valence-corrected chi connectivity index (χ2v) is 5.44. The molecular weight excluding hydrogens is 244 g/mol. The first-order valence-electron chi connectivity index (χ1n) is 6.74. The molecule has 19 heavy (non-hydrogen) atoms. The minimum absolute atomic E-state index is 0.0184. The summed E-state index contributed by atoms with van der Waals surface area (Å²) in [6.07, 6.45) is 5.89. The number of rotatable bonds is 1. The molecule has 1 aromatic rings. The Morgan fingerprint density at radius 3 is 2.47 bits per heavy atom. The van der Waals surface area contributed by atoms with E-state index in [1.165, 1.54) is 6.07 Å². The van der Waals surface area contributed by atoms with Gasteiger partial charge in [-0.05, 0) is 24.5 Å². The van der Waals surface area contributed by atoms with Gasteiger partial charge in [0.15, 0.2) is 0 Å². The Kier molecular flexibility index (Phi) is 2.77. The van der Waals surface area contributed by atoms with Crippen molar-refractivity contribution in [1.82, 2.24) is 0 Å². The SMILES string of the molecule is O=C1Nc2ccc([N+](=O)[O-])cc2C12CCCCCC2. The van der Waals surface area contributed by atoms with Crippen LogP contribution >= 0.6 is 0 Å². The Labute approximate surface area is 111 Å². The molecule has 0 aromatic heterocycles. The van der Waals surface area contributed by atoms with E-state index < -0.39 is 10.3 Å². The number of hydrogen-bond donors (Lipinski definition) is 1. The van der Waals surface area contributed by atoms with E-state index >= 15 is 0 Å². The van der Waals surface area contributed by atoms with Crippen molar-refractivity contribution in [3.8, 4) is 0 Å². The van der Waals surface area contributed by atoms with E-state index in [2.05, 4.69) is 5.32 Å². The summed E-state index contributed by atoms with van der Waals surface area (Å²) in [6, 6.07) is 4.69. The maximum absolute atomic E-state index is 12.4. The Bertz CT molecular complexity index is 546. The molecule has 0 radical (unpaired) electrons. The third-order valence-electron chi connectivity index (χ3n) is 4.37. The number of carbonyl (C=O) groups excluding carboxylic acids is 1. The van der Waals surface area contributed by atoms with E-state index in [1.54, 1.807) is 12.1 Å². The van der Waals surface area contributed by atoms with E-state index in [0.717, 1.165) is 49.8 Å². The Morgan fingerprint density at radius 2 is 1.84 bits per heavy atom. The number of amides is 1. The maximum Gasteiger partial charge on any atom is 0.269 e. The van der Waals surface area contributed by atoms with Crippen LogP contribution in [0.3, 0.4) is 0 Å². The molecule has 1 spiro atoms. The molecule has 5 nitrogen and oxygen atoms in total. The van der Waals surface area contributed by atoms with Gasteiger partial charge in [-0.1, -0.05) is 25.7 Å². The lowest BCUT2D eigenvalue weighted by molar-refractivity contribution is -0.384. The Balaban J connectivity index is 2.10. The molecule has 1 aliphatic carbocycles. The van der Waals surface area contributed by atoms with Crippen LogP contribution in [0.2, 0.25) is 0 Å². The van der Waals surface area contributed by atoms with Crippen LogP contribution in [0, 0.1) is 10.1 Å². The summed E-state index contributed by atoms with van der Waals surface area (Å²) in [7, 11) is 0. The van der Waals surface area contributed by atoms with Crippen LogP contribution < -0.4 is 5.32 Å². The standard InChI is InChI=1S/C14H16N2O3/c17-13-14(7-3-1-2-4-8-14)11-9-10(16(18)19)5-6-12(11)15-13/h5-6,9H,1-4,7-8H2,(H,15,17). The molecule has 2 aliphatic rings. The number of hydrogen-bond acceptors (Lipinski definition) is 3. The van der Waals surface area contributed by atoms with Gasteiger partial charge < -0.3 is 5.32 Å². The highest BCUT2D eigenvalue weighted by atomic mass is 16.6. The highest BCUT2D eigenvalue weighted by molar-refractivity contribution is 6.06. The third-order valence-corrected chi connectivity index (χ3v) is 4.37. The molecule has 0 unspecified atom stereocenters. The molecule has 1 heterocycles. The van der Waals surface area contributed by atoms with E-state index in [1.807, 2.05) is 0 Å². The van der Waals surface area contributed by atoms with Crippen molar-refractivity contribution in [2.24, 2.45) is 0 Å². The van der Waals surface area contributed by atoms with Gasteiger partial charge in [-0.25, -0.2) is 0 Å². The zero-order chi connectivity index (χ0) is 13.5. The Morgan fingerprint density at radius 1 is 1.16 bits per heavy atom. The van der Waals surface area contributed by atoms with Crippen molar-refractivity contribution in [2.45, 2.75) is 43.9 Å². The van der Waals surface area contributed by atoms with Crippen LogP contribution in [0.1, 0.15) is 44.1 Å². The molecule has 100 valence electrons. The first kappa shape index (κ1) is 12.1. The van der Waals surface area contributed by atoms with Crippen molar-refractivity contribution < 1.29 is 9.72 Å². The lowest BCUT2D eigenvalue weighted by Crippen LogP contribution is -2.33. The zero-order valence-corrected chi connectivity index (χ0v) is 10.6. The van der Waals surface area contributed by atoms with E-state index in [9.17, 15) is 14.9 Å². The molecule has 5 heteroatoms. The summed E-state index contributed by atoms with van der Waals surface area (Å²) in [5.74, 6) is 0.0184. The van der Waals surface area contributed by atoms with E-state index in [-0.39, 0.29) is 11.6 Å². The van der Waals surface area contributed by atoms with Gasteiger partial charge in [0.25, 0.3) is 5.69 Å². The molecule has 1 N–H and O–H groups in total. The second kappa shape index (κ2) is 4.33. The number of carbonyl (C=O) groups is 1. The first-order valence-corrected chi connectivity index (χ1v) is 6.74. The van der Waals surface area contributed by atoms with Crippen molar-refractivity contribution in [3.05, 3.63) is 33.9 Å². The van der Waals surface area contributed by atoms with Gasteiger partial charge in [0.05, 0.1) is 10.3 Å². The highest BCUT2D eigenvalue weighted by Crippen LogP contribution is 2.47. The smallest absolute Gasteiger partial charge is 0.269 e. The van der Waals surface area contributed by atoms with Crippen LogP contribution in [-0.4, -0.2) is 10.8 Å². The normalized spacial score (nSPS) is 20.7. The number of benzene rings is 1. The molecular formula is C14H16N2O3. The second-order valence-electron chi connectivity index (χ2n) is 5.44. The first-order chi connectivity index (χ1) is 9.13. The topological polar surface area (TPSA) is 72.2 Å². The summed E-state index contributed by atoms with van der Waals surface area (Å²) < 4.78 is 0. The lowest BCUT2D eigenvalue weighted by atomic mass is 9.75. The van der Waals surface area contributed by atoms with E-state index in [0.29, 0.717) is 0 Å². The number of non-ortho nitro benzene ring substituents is 1. The number of nitro groups is 1. The zero-order valence-electron chi connectivity index (χ0n) is 10.6. The third kappa shape index (κ3) is 1.80. The molecule has 1 saturated carbocycles. The molecule has 1 fully saturated rings.